The Bertz CT molecular complexity index is 467. The molecular weight excluding hydrogens is 272 g/mol. The number of aromatic nitrogens is 2. The summed E-state index contributed by atoms with van der Waals surface area (Å²) in [7, 11) is 0. The summed E-state index contributed by atoms with van der Waals surface area (Å²) < 4.78 is 4.79. The van der Waals surface area contributed by atoms with Gasteiger partial charge in [-0.05, 0) is 13.3 Å². The van der Waals surface area contributed by atoms with Crippen molar-refractivity contribution in [3.63, 3.8) is 0 Å². The number of hydrogen-bond acceptors (Lipinski definition) is 7. The summed E-state index contributed by atoms with van der Waals surface area (Å²) in [5, 5.41) is 2.88. The van der Waals surface area contributed by atoms with Crippen LogP contribution in [0.15, 0.2) is 0 Å². The topological polar surface area (TPSA) is 107 Å². The Balaban J connectivity index is 2.53. The fourth-order valence-electron chi connectivity index (χ4n) is 1.37. The minimum absolute atomic E-state index is 0.00427. The van der Waals surface area contributed by atoms with E-state index >= 15 is 0 Å². The van der Waals surface area contributed by atoms with Crippen molar-refractivity contribution in [2.45, 2.75) is 19.8 Å². The highest BCUT2D eigenvalue weighted by Gasteiger charge is 2.11. The summed E-state index contributed by atoms with van der Waals surface area (Å²) >= 11 is 5.76. The molecule has 3 N–H and O–H groups in total. The highest BCUT2D eigenvalue weighted by Crippen LogP contribution is 2.19. The molecule has 0 saturated carbocycles. The average Bonchev–Trinajstić information content (AvgIpc) is 2.34. The number of halogens is 1. The summed E-state index contributed by atoms with van der Waals surface area (Å²) in [6.07, 6.45) is 1.37. The van der Waals surface area contributed by atoms with Crippen molar-refractivity contribution in [3.8, 4) is 0 Å². The maximum atomic E-state index is 11.1. The Morgan fingerprint density at radius 2 is 2.26 bits per heavy atom. The molecule has 1 rings (SSSR count). The second kappa shape index (κ2) is 7.52. The molecule has 104 valence electrons. The summed E-state index contributed by atoms with van der Waals surface area (Å²) in [4.78, 5) is 29.5. The smallest absolute Gasteiger partial charge is 0.305 e. The first-order chi connectivity index (χ1) is 9.08. The van der Waals surface area contributed by atoms with E-state index < -0.39 is 0 Å². The van der Waals surface area contributed by atoms with Gasteiger partial charge >= 0.3 is 5.97 Å². The van der Waals surface area contributed by atoms with E-state index in [9.17, 15) is 9.59 Å². The molecule has 0 saturated heterocycles. The number of hydrogen-bond donors (Lipinski definition) is 2. The highest BCUT2D eigenvalue weighted by molar-refractivity contribution is 6.32. The molecule has 0 fully saturated rings. The number of rotatable bonds is 7. The van der Waals surface area contributed by atoms with Crippen LogP contribution in [0.1, 0.15) is 30.1 Å². The lowest BCUT2D eigenvalue weighted by molar-refractivity contribution is -0.143. The fraction of sp³-hybridized carbons (Fsp3) is 0.455. The van der Waals surface area contributed by atoms with Crippen LogP contribution in [0.25, 0.3) is 0 Å². The predicted molar refractivity (Wildman–Crippen MR) is 71.2 cm³/mol. The maximum absolute atomic E-state index is 11.1. The maximum Gasteiger partial charge on any atom is 0.305 e. The van der Waals surface area contributed by atoms with Crippen LogP contribution >= 0.6 is 11.6 Å². The molecule has 1 aromatic heterocycles. The lowest BCUT2D eigenvalue weighted by Crippen LogP contribution is -2.11. The van der Waals surface area contributed by atoms with Crippen LogP contribution in [-0.2, 0) is 9.53 Å². The first-order valence-corrected chi connectivity index (χ1v) is 6.14. The van der Waals surface area contributed by atoms with Crippen LogP contribution in [0.3, 0.4) is 0 Å². The van der Waals surface area contributed by atoms with Crippen LogP contribution in [0.2, 0.25) is 5.15 Å². The fourth-order valence-corrected chi connectivity index (χ4v) is 1.59. The number of nitrogens with two attached hydrogens (primary N) is 1. The Labute approximate surface area is 115 Å². The van der Waals surface area contributed by atoms with E-state index in [2.05, 4.69) is 15.3 Å². The van der Waals surface area contributed by atoms with Gasteiger partial charge in [0, 0.05) is 13.0 Å². The number of aldehydes is 1. The molecule has 19 heavy (non-hydrogen) atoms. The molecule has 0 aromatic carbocycles. The third-order valence-electron chi connectivity index (χ3n) is 2.19. The Hall–Kier alpha value is -1.89. The highest BCUT2D eigenvalue weighted by atomic mass is 35.5. The van der Waals surface area contributed by atoms with Crippen molar-refractivity contribution in [2.24, 2.45) is 0 Å². The van der Waals surface area contributed by atoms with Crippen LogP contribution in [0.4, 0.5) is 11.8 Å². The first kappa shape index (κ1) is 15.2. The molecule has 0 atom stereocenters. The van der Waals surface area contributed by atoms with E-state index in [1.807, 2.05) is 0 Å². The molecule has 1 aromatic rings. The summed E-state index contributed by atoms with van der Waals surface area (Å²) in [6.45, 7) is 2.55. The predicted octanol–water partition coefficient (Wildman–Crippen LogP) is 1.28. The lowest BCUT2D eigenvalue weighted by Gasteiger charge is -2.09. The summed E-state index contributed by atoms with van der Waals surface area (Å²) in [5.41, 5.74) is 5.58. The zero-order valence-corrected chi connectivity index (χ0v) is 11.2. The molecular formula is C11H15ClN4O3. The van der Waals surface area contributed by atoms with Gasteiger partial charge in [-0.2, -0.15) is 4.98 Å². The molecule has 1 heterocycles. The SMILES string of the molecule is CCOC(=O)CCCNc1nc(N)nc(Cl)c1C=O. The van der Waals surface area contributed by atoms with Gasteiger partial charge < -0.3 is 15.8 Å². The van der Waals surface area contributed by atoms with E-state index in [-0.39, 0.29) is 34.9 Å². The standard InChI is InChI=1S/C11H15ClN4O3/c1-2-19-8(18)4-3-5-14-10-7(6-17)9(12)15-11(13)16-10/h6H,2-5H2,1H3,(H3,13,14,15,16). The van der Waals surface area contributed by atoms with E-state index in [0.717, 1.165) is 0 Å². The molecule has 8 heteroatoms. The Kier molecular flexibility index (Phi) is 6.01. The van der Waals surface area contributed by atoms with Gasteiger partial charge in [0.1, 0.15) is 11.0 Å². The number of esters is 1. The van der Waals surface area contributed by atoms with Gasteiger partial charge in [-0.25, -0.2) is 4.98 Å². The van der Waals surface area contributed by atoms with Crippen molar-refractivity contribution < 1.29 is 14.3 Å². The zero-order chi connectivity index (χ0) is 14.3. The van der Waals surface area contributed by atoms with Crippen molar-refractivity contribution in [1.82, 2.24) is 9.97 Å². The van der Waals surface area contributed by atoms with Crippen LogP contribution in [0.5, 0.6) is 0 Å². The molecule has 0 spiro atoms. The number of carbonyl (C=O) groups excluding carboxylic acids is 2. The second-order valence-corrected chi connectivity index (χ2v) is 3.95. The van der Waals surface area contributed by atoms with Crippen LogP contribution in [-0.4, -0.2) is 35.4 Å². The molecule has 0 aliphatic carbocycles. The largest absolute Gasteiger partial charge is 0.466 e. The van der Waals surface area contributed by atoms with Gasteiger partial charge in [-0.1, -0.05) is 11.6 Å². The molecule has 0 aliphatic rings. The molecule has 0 aliphatic heterocycles. The summed E-state index contributed by atoms with van der Waals surface area (Å²) in [5.74, 6) is -0.0278. The molecule has 0 unspecified atom stereocenters. The minimum Gasteiger partial charge on any atom is -0.466 e. The van der Waals surface area contributed by atoms with Gasteiger partial charge in [0.25, 0.3) is 0 Å². The van der Waals surface area contributed by atoms with E-state index in [0.29, 0.717) is 25.9 Å². The van der Waals surface area contributed by atoms with Gasteiger partial charge in [-0.15, -0.1) is 0 Å². The first-order valence-electron chi connectivity index (χ1n) is 5.76. The van der Waals surface area contributed by atoms with E-state index in [4.69, 9.17) is 22.1 Å². The minimum atomic E-state index is -0.264. The van der Waals surface area contributed by atoms with Crippen LogP contribution < -0.4 is 11.1 Å². The van der Waals surface area contributed by atoms with Crippen molar-refractivity contribution in [3.05, 3.63) is 10.7 Å². The molecule has 0 bridgehead atoms. The number of nitrogens with zero attached hydrogens (tertiary/aromatic N) is 2. The van der Waals surface area contributed by atoms with Gasteiger partial charge in [0.05, 0.1) is 12.2 Å². The zero-order valence-electron chi connectivity index (χ0n) is 10.5. The Morgan fingerprint density at radius 1 is 1.53 bits per heavy atom. The number of ether oxygens (including phenoxy) is 1. The molecule has 0 amide bonds. The van der Waals surface area contributed by atoms with Crippen molar-refractivity contribution >= 4 is 35.6 Å². The molecule has 7 nitrogen and oxygen atoms in total. The van der Waals surface area contributed by atoms with E-state index in [1.54, 1.807) is 6.92 Å². The quantitative estimate of drug-likeness (QED) is 0.336. The van der Waals surface area contributed by atoms with Crippen molar-refractivity contribution in [2.75, 3.05) is 24.2 Å². The van der Waals surface area contributed by atoms with Crippen LogP contribution in [0, 0.1) is 0 Å². The lowest BCUT2D eigenvalue weighted by atomic mass is 10.3. The average molecular weight is 287 g/mol. The normalized spacial score (nSPS) is 10.0. The third-order valence-corrected chi connectivity index (χ3v) is 2.48. The summed E-state index contributed by atoms with van der Waals surface area (Å²) in [6, 6.07) is 0. The van der Waals surface area contributed by atoms with Gasteiger partial charge in [0.15, 0.2) is 6.29 Å². The number of anilines is 2. The number of nitrogen functional groups attached to an aromatic ring is 1. The van der Waals surface area contributed by atoms with Crippen molar-refractivity contribution in [1.29, 1.82) is 0 Å². The molecule has 0 radical (unpaired) electrons. The second-order valence-electron chi connectivity index (χ2n) is 3.59. The monoisotopic (exact) mass is 286 g/mol. The van der Waals surface area contributed by atoms with Gasteiger partial charge in [0.2, 0.25) is 5.95 Å². The Morgan fingerprint density at radius 3 is 2.89 bits per heavy atom. The van der Waals surface area contributed by atoms with E-state index in [1.165, 1.54) is 0 Å². The van der Waals surface area contributed by atoms with Gasteiger partial charge in [-0.3, -0.25) is 9.59 Å². The number of nitrogens with one attached hydrogen (secondary N) is 1. The third kappa shape index (κ3) is 4.70. The number of carbonyl (C=O) groups is 2.